The maximum atomic E-state index is 10.4. The van der Waals surface area contributed by atoms with E-state index in [4.69, 9.17) is 16.7 Å². The van der Waals surface area contributed by atoms with Gasteiger partial charge in [-0.05, 0) is 40.7 Å². The summed E-state index contributed by atoms with van der Waals surface area (Å²) in [6.45, 7) is 0.613. The average Bonchev–Trinajstić information content (AvgIpc) is 2.10. The number of benzene rings is 1. The van der Waals surface area contributed by atoms with Crippen LogP contribution >= 0.6 is 27.5 Å². The molecule has 5 heteroatoms. The standard InChI is InChI=1S/C10H11BrClNO2/c1-13(6-10(14)15)5-7-2-3-9(12)8(11)4-7/h2-4H,5-6H2,1H3,(H,14,15). The van der Waals surface area contributed by atoms with Crippen LogP contribution in [-0.4, -0.2) is 29.6 Å². The Bertz CT molecular complexity index is 370. The van der Waals surface area contributed by atoms with Crippen LogP contribution in [0.5, 0.6) is 0 Å². The van der Waals surface area contributed by atoms with Crippen molar-refractivity contribution in [1.82, 2.24) is 4.90 Å². The van der Waals surface area contributed by atoms with Gasteiger partial charge in [0.1, 0.15) is 0 Å². The number of carboxylic acids is 1. The van der Waals surface area contributed by atoms with Gasteiger partial charge >= 0.3 is 5.97 Å². The van der Waals surface area contributed by atoms with Crippen molar-refractivity contribution in [3.05, 3.63) is 33.3 Å². The second kappa shape index (κ2) is 5.49. The van der Waals surface area contributed by atoms with Crippen molar-refractivity contribution in [3.8, 4) is 0 Å². The van der Waals surface area contributed by atoms with Crippen LogP contribution < -0.4 is 0 Å². The molecule has 0 aromatic heterocycles. The zero-order chi connectivity index (χ0) is 11.4. The third-order valence-electron chi connectivity index (χ3n) is 1.84. The van der Waals surface area contributed by atoms with E-state index in [1.165, 1.54) is 0 Å². The summed E-state index contributed by atoms with van der Waals surface area (Å²) in [5.74, 6) is -0.828. The zero-order valence-electron chi connectivity index (χ0n) is 8.20. The van der Waals surface area contributed by atoms with Crippen LogP contribution in [0, 0.1) is 0 Å². The summed E-state index contributed by atoms with van der Waals surface area (Å²) >= 11 is 9.17. The molecule has 0 aliphatic carbocycles. The molecule has 0 amide bonds. The monoisotopic (exact) mass is 291 g/mol. The van der Waals surface area contributed by atoms with Gasteiger partial charge in [-0.2, -0.15) is 0 Å². The highest BCUT2D eigenvalue weighted by Crippen LogP contribution is 2.23. The molecule has 0 aliphatic rings. The van der Waals surface area contributed by atoms with Crippen molar-refractivity contribution >= 4 is 33.5 Å². The van der Waals surface area contributed by atoms with Crippen LogP contribution in [0.25, 0.3) is 0 Å². The highest BCUT2D eigenvalue weighted by atomic mass is 79.9. The van der Waals surface area contributed by atoms with Gasteiger partial charge in [-0.1, -0.05) is 17.7 Å². The van der Waals surface area contributed by atoms with Gasteiger partial charge in [0.25, 0.3) is 0 Å². The molecule has 15 heavy (non-hydrogen) atoms. The largest absolute Gasteiger partial charge is 0.480 e. The number of likely N-dealkylation sites (N-methyl/N-ethyl adjacent to an activating group) is 1. The van der Waals surface area contributed by atoms with Crippen LogP contribution in [-0.2, 0) is 11.3 Å². The molecule has 0 saturated heterocycles. The number of hydrogen-bond donors (Lipinski definition) is 1. The lowest BCUT2D eigenvalue weighted by molar-refractivity contribution is -0.138. The zero-order valence-corrected chi connectivity index (χ0v) is 10.5. The van der Waals surface area contributed by atoms with Gasteiger partial charge in [0.05, 0.1) is 11.6 Å². The van der Waals surface area contributed by atoms with E-state index in [1.807, 2.05) is 12.1 Å². The van der Waals surface area contributed by atoms with Crippen LogP contribution in [0.3, 0.4) is 0 Å². The smallest absolute Gasteiger partial charge is 0.317 e. The molecule has 0 unspecified atom stereocenters. The highest BCUT2D eigenvalue weighted by Gasteiger charge is 2.06. The summed E-state index contributed by atoms with van der Waals surface area (Å²) in [5.41, 5.74) is 1.02. The molecule has 1 N–H and O–H groups in total. The average molecular weight is 293 g/mol. The Labute approximate surface area is 102 Å². The van der Waals surface area contributed by atoms with Gasteiger partial charge in [0.2, 0.25) is 0 Å². The number of rotatable bonds is 4. The van der Waals surface area contributed by atoms with E-state index in [1.54, 1.807) is 18.0 Å². The Hall–Kier alpha value is -0.580. The maximum absolute atomic E-state index is 10.4. The molecule has 0 radical (unpaired) electrons. The lowest BCUT2D eigenvalue weighted by Gasteiger charge is -2.14. The molecular weight excluding hydrogens is 281 g/mol. The van der Waals surface area contributed by atoms with E-state index >= 15 is 0 Å². The fourth-order valence-electron chi connectivity index (χ4n) is 1.24. The fraction of sp³-hybridized carbons (Fsp3) is 0.300. The quantitative estimate of drug-likeness (QED) is 0.927. The molecule has 82 valence electrons. The molecule has 1 rings (SSSR count). The van der Waals surface area contributed by atoms with Gasteiger partial charge in [-0.15, -0.1) is 0 Å². The molecule has 0 bridgehead atoms. The summed E-state index contributed by atoms with van der Waals surface area (Å²) in [6, 6.07) is 5.56. The summed E-state index contributed by atoms with van der Waals surface area (Å²) in [7, 11) is 1.76. The van der Waals surface area contributed by atoms with Crippen molar-refractivity contribution < 1.29 is 9.90 Å². The van der Waals surface area contributed by atoms with Crippen molar-refractivity contribution in [1.29, 1.82) is 0 Å². The number of aliphatic carboxylic acids is 1. The third kappa shape index (κ3) is 4.20. The molecule has 0 atom stereocenters. The van der Waals surface area contributed by atoms with Gasteiger partial charge in [0.15, 0.2) is 0 Å². The normalized spacial score (nSPS) is 10.7. The van der Waals surface area contributed by atoms with Crippen LogP contribution in [0.2, 0.25) is 5.02 Å². The Morgan fingerprint density at radius 1 is 1.60 bits per heavy atom. The predicted molar refractivity (Wildman–Crippen MR) is 63.1 cm³/mol. The lowest BCUT2D eigenvalue weighted by atomic mass is 10.2. The van der Waals surface area contributed by atoms with Gasteiger partial charge in [0, 0.05) is 11.0 Å². The summed E-state index contributed by atoms with van der Waals surface area (Å²) in [6.07, 6.45) is 0. The number of carbonyl (C=O) groups is 1. The van der Waals surface area contributed by atoms with E-state index in [0.29, 0.717) is 11.6 Å². The first-order chi connectivity index (χ1) is 6.99. The number of hydrogen-bond acceptors (Lipinski definition) is 2. The number of halogens is 2. The molecule has 0 fully saturated rings. The van der Waals surface area contributed by atoms with E-state index in [2.05, 4.69) is 15.9 Å². The Balaban J connectivity index is 2.64. The van der Waals surface area contributed by atoms with Crippen LogP contribution in [0.15, 0.2) is 22.7 Å². The predicted octanol–water partition coefficient (Wildman–Crippen LogP) is 2.62. The Kier molecular flexibility index (Phi) is 4.57. The maximum Gasteiger partial charge on any atom is 0.317 e. The van der Waals surface area contributed by atoms with E-state index in [-0.39, 0.29) is 6.54 Å². The summed E-state index contributed by atoms with van der Waals surface area (Å²) in [4.78, 5) is 12.2. The van der Waals surface area contributed by atoms with Gasteiger partial charge in [-0.3, -0.25) is 9.69 Å². The van der Waals surface area contributed by atoms with E-state index in [0.717, 1.165) is 10.0 Å². The second-order valence-electron chi connectivity index (χ2n) is 3.31. The summed E-state index contributed by atoms with van der Waals surface area (Å²) in [5, 5.41) is 9.24. The molecular formula is C10H11BrClNO2. The van der Waals surface area contributed by atoms with Crippen LogP contribution in [0.4, 0.5) is 0 Å². The minimum absolute atomic E-state index is 0.0280. The minimum atomic E-state index is -0.828. The summed E-state index contributed by atoms with van der Waals surface area (Å²) < 4.78 is 0.824. The molecule has 0 spiro atoms. The minimum Gasteiger partial charge on any atom is -0.480 e. The van der Waals surface area contributed by atoms with Gasteiger partial charge in [-0.25, -0.2) is 0 Å². The van der Waals surface area contributed by atoms with E-state index in [9.17, 15) is 4.79 Å². The topological polar surface area (TPSA) is 40.5 Å². The van der Waals surface area contributed by atoms with Crippen molar-refractivity contribution in [2.24, 2.45) is 0 Å². The third-order valence-corrected chi connectivity index (χ3v) is 3.06. The second-order valence-corrected chi connectivity index (χ2v) is 4.58. The highest BCUT2D eigenvalue weighted by molar-refractivity contribution is 9.10. The molecule has 1 aromatic carbocycles. The van der Waals surface area contributed by atoms with Gasteiger partial charge < -0.3 is 5.11 Å². The Morgan fingerprint density at radius 3 is 2.80 bits per heavy atom. The fourth-order valence-corrected chi connectivity index (χ4v) is 1.78. The first-order valence-electron chi connectivity index (χ1n) is 4.33. The van der Waals surface area contributed by atoms with Crippen LogP contribution in [0.1, 0.15) is 5.56 Å². The first kappa shape index (κ1) is 12.5. The van der Waals surface area contributed by atoms with Crippen molar-refractivity contribution in [2.75, 3.05) is 13.6 Å². The number of carboxylic acid groups (broad SMARTS) is 1. The molecule has 0 heterocycles. The molecule has 3 nitrogen and oxygen atoms in total. The van der Waals surface area contributed by atoms with Crippen molar-refractivity contribution in [2.45, 2.75) is 6.54 Å². The lowest BCUT2D eigenvalue weighted by Crippen LogP contribution is -2.25. The molecule has 1 aromatic rings. The number of nitrogens with zero attached hydrogens (tertiary/aromatic N) is 1. The van der Waals surface area contributed by atoms with E-state index < -0.39 is 5.97 Å². The molecule has 0 saturated carbocycles. The Morgan fingerprint density at radius 2 is 2.27 bits per heavy atom. The van der Waals surface area contributed by atoms with Crippen molar-refractivity contribution in [3.63, 3.8) is 0 Å². The SMILES string of the molecule is CN(CC(=O)O)Cc1ccc(Cl)c(Br)c1. The molecule has 0 aliphatic heterocycles. The first-order valence-corrected chi connectivity index (χ1v) is 5.50.